The molecule has 0 spiro atoms. The smallest absolute Gasteiger partial charge is 0.221 e. The normalized spacial score (nSPS) is 12.2. The minimum atomic E-state index is -0.487. The van der Waals surface area contributed by atoms with E-state index in [1.807, 2.05) is 0 Å². The Morgan fingerprint density at radius 1 is 1.53 bits per heavy atom. The van der Waals surface area contributed by atoms with Crippen molar-refractivity contribution < 1.29 is 9.90 Å². The van der Waals surface area contributed by atoms with E-state index in [9.17, 15) is 9.90 Å². The van der Waals surface area contributed by atoms with Gasteiger partial charge in [0.15, 0.2) is 0 Å². The molecule has 1 aromatic rings. The molecule has 0 bridgehead atoms. The predicted octanol–water partition coefficient (Wildman–Crippen LogP) is 3.52. The van der Waals surface area contributed by atoms with Gasteiger partial charge in [-0.25, -0.2) is 0 Å². The first kappa shape index (κ1) is 14.0. The number of anilines is 1. The van der Waals surface area contributed by atoms with Gasteiger partial charge in [0.1, 0.15) is 0 Å². The van der Waals surface area contributed by atoms with Crippen LogP contribution in [0, 0.1) is 0 Å². The zero-order valence-electron chi connectivity index (χ0n) is 10.2. The second kappa shape index (κ2) is 6.62. The first-order valence-corrected chi connectivity index (χ1v) is 6.17. The van der Waals surface area contributed by atoms with Gasteiger partial charge in [0.05, 0.1) is 16.8 Å². The maximum Gasteiger partial charge on any atom is 0.221 e. The maximum absolute atomic E-state index is 10.9. The summed E-state index contributed by atoms with van der Waals surface area (Å²) in [6.07, 6.45) is 2.27. The Labute approximate surface area is 107 Å². The van der Waals surface area contributed by atoms with Crippen LogP contribution >= 0.6 is 11.6 Å². The Hall–Kier alpha value is -1.06. The minimum absolute atomic E-state index is 0.161. The number of amides is 1. The molecule has 3 nitrogen and oxygen atoms in total. The van der Waals surface area contributed by atoms with E-state index in [0.717, 1.165) is 24.8 Å². The van der Waals surface area contributed by atoms with Crippen molar-refractivity contribution in [2.75, 3.05) is 5.32 Å². The quantitative estimate of drug-likeness (QED) is 0.846. The number of unbranched alkanes of at least 4 members (excludes halogenated alkanes) is 1. The fourth-order valence-electron chi connectivity index (χ4n) is 1.59. The van der Waals surface area contributed by atoms with E-state index in [4.69, 9.17) is 11.6 Å². The number of aliphatic hydroxyl groups excluding tert-OH is 1. The molecular formula is C13H18ClNO2. The number of benzene rings is 1. The molecule has 2 N–H and O–H groups in total. The van der Waals surface area contributed by atoms with Crippen LogP contribution in [0.25, 0.3) is 0 Å². The molecule has 0 saturated heterocycles. The summed E-state index contributed by atoms with van der Waals surface area (Å²) >= 11 is 6.03. The van der Waals surface area contributed by atoms with E-state index in [1.54, 1.807) is 18.2 Å². The summed E-state index contributed by atoms with van der Waals surface area (Å²) in [5, 5.41) is 13.0. The Balaban J connectivity index is 2.77. The molecule has 0 radical (unpaired) electrons. The molecule has 0 fully saturated rings. The summed E-state index contributed by atoms with van der Waals surface area (Å²) in [7, 11) is 0. The second-order valence-corrected chi connectivity index (χ2v) is 4.49. The molecule has 4 heteroatoms. The number of hydrogen-bond acceptors (Lipinski definition) is 2. The van der Waals surface area contributed by atoms with Crippen LogP contribution in [0.15, 0.2) is 18.2 Å². The molecule has 1 rings (SSSR count). The fraction of sp³-hybridized carbons (Fsp3) is 0.462. The first-order valence-electron chi connectivity index (χ1n) is 5.79. The second-order valence-electron chi connectivity index (χ2n) is 4.08. The zero-order chi connectivity index (χ0) is 12.8. The Morgan fingerprint density at radius 2 is 2.24 bits per heavy atom. The van der Waals surface area contributed by atoms with Gasteiger partial charge in [-0.1, -0.05) is 37.4 Å². The molecule has 17 heavy (non-hydrogen) atoms. The van der Waals surface area contributed by atoms with Gasteiger partial charge in [-0.2, -0.15) is 0 Å². The monoisotopic (exact) mass is 255 g/mol. The minimum Gasteiger partial charge on any atom is -0.388 e. The summed E-state index contributed by atoms with van der Waals surface area (Å²) in [5.41, 5.74) is 1.36. The van der Waals surface area contributed by atoms with Crippen molar-refractivity contribution in [1.82, 2.24) is 0 Å². The van der Waals surface area contributed by atoms with Gasteiger partial charge in [0.2, 0.25) is 5.91 Å². The van der Waals surface area contributed by atoms with Crippen LogP contribution in [0.5, 0.6) is 0 Å². The molecule has 0 aromatic heterocycles. The fourth-order valence-corrected chi connectivity index (χ4v) is 1.83. The highest BCUT2D eigenvalue weighted by Crippen LogP contribution is 2.27. The van der Waals surface area contributed by atoms with Crippen LogP contribution in [0.2, 0.25) is 5.02 Å². The number of carbonyl (C=O) groups is 1. The molecule has 0 heterocycles. The van der Waals surface area contributed by atoms with Crippen LogP contribution < -0.4 is 5.32 Å². The van der Waals surface area contributed by atoms with Gasteiger partial charge >= 0.3 is 0 Å². The lowest BCUT2D eigenvalue weighted by atomic mass is 10.0. The van der Waals surface area contributed by atoms with E-state index in [0.29, 0.717) is 10.7 Å². The Kier molecular flexibility index (Phi) is 5.45. The van der Waals surface area contributed by atoms with Crippen molar-refractivity contribution in [3.05, 3.63) is 28.8 Å². The van der Waals surface area contributed by atoms with Gasteiger partial charge < -0.3 is 10.4 Å². The largest absolute Gasteiger partial charge is 0.388 e. The third kappa shape index (κ3) is 4.36. The molecule has 0 aliphatic rings. The highest BCUT2D eigenvalue weighted by molar-refractivity contribution is 6.33. The van der Waals surface area contributed by atoms with E-state index < -0.39 is 6.10 Å². The number of carbonyl (C=O) groups excluding carboxylic acids is 1. The van der Waals surface area contributed by atoms with Crippen LogP contribution in [-0.4, -0.2) is 11.0 Å². The Bertz CT molecular complexity index is 393. The summed E-state index contributed by atoms with van der Waals surface area (Å²) in [6, 6.07) is 5.21. The third-order valence-electron chi connectivity index (χ3n) is 2.52. The summed E-state index contributed by atoms with van der Waals surface area (Å²) < 4.78 is 0. The molecule has 0 saturated carbocycles. The number of halogens is 1. The van der Waals surface area contributed by atoms with Crippen LogP contribution in [-0.2, 0) is 4.79 Å². The van der Waals surface area contributed by atoms with Crippen molar-refractivity contribution in [2.45, 2.75) is 39.2 Å². The lowest BCUT2D eigenvalue weighted by molar-refractivity contribution is -0.114. The molecule has 1 atom stereocenters. The van der Waals surface area contributed by atoms with Crippen LogP contribution in [0.4, 0.5) is 5.69 Å². The van der Waals surface area contributed by atoms with Gasteiger partial charge in [0.25, 0.3) is 0 Å². The highest BCUT2D eigenvalue weighted by Gasteiger charge is 2.10. The topological polar surface area (TPSA) is 49.3 Å². The summed E-state index contributed by atoms with van der Waals surface area (Å²) in [4.78, 5) is 10.9. The van der Waals surface area contributed by atoms with E-state index in [2.05, 4.69) is 12.2 Å². The molecule has 94 valence electrons. The van der Waals surface area contributed by atoms with Gasteiger partial charge in [-0.3, -0.25) is 4.79 Å². The average Bonchev–Trinajstić information content (AvgIpc) is 2.28. The highest BCUT2D eigenvalue weighted by atomic mass is 35.5. The molecule has 0 aliphatic heterocycles. The van der Waals surface area contributed by atoms with E-state index in [1.165, 1.54) is 6.92 Å². The van der Waals surface area contributed by atoms with Crippen molar-refractivity contribution in [1.29, 1.82) is 0 Å². The number of hydrogen-bond donors (Lipinski definition) is 2. The SMILES string of the molecule is CCCC[C@H](O)c1ccc(NC(C)=O)c(Cl)c1. The average molecular weight is 256 g/mol. The summed E-state index contributed by atoms with van der Waals surface area (Å²) in [6.45, 7) is 3.51. The van der Waals surface area contributed by atoms with Gasteiger partial charge in [-0.05, 0) is 24.1 Å². The molecular weight excluding hydrogens is 238 g/mol. The van der Waals surface area contributed by atoms with E-state index in [-0.39, 0.29) is 5.91 Å². The molecule has 0 unspecified atom stereocenters. The Morgan fingerprint density at radius 3 is 2.76 bits per heavy atom. The predicted molar refractivity (Wildman–Crippen MR) is 70.2 cm³/mol. The van der Waals surface area contributed by atoms with Crippen molar-refractivity contribution >= 4 is 23.2 Å². The lowest BCUT2D eigenvalue weighted by Gasteiger charge is -2.12. The standard InChI is InChI=1S/C13H18ClNO2/c1-3-4-5-13(17)10-6-7-12(11(14)8-10)15-9(2)16/h6-8,13,17H,3-5H2,1-2H3,(H,15,16)/t13-/m0/s1. The van der Waals surface area contributed by atoms with Crippen LogP contribution in [0.3, 0.4) is 0 Å². The number of nitrogens with one attached hydrogen (secondary N) is 1. The van der Waals surface area contributed by atoms with Crippen molar-refractivity contribution in [2.24, 2.45) is 0 Å². The lowest BCUT2D eigenvalue weighted by Crippen LogP contribution is -2.06. The molecule has 1 aromatic carbocycles. The van der Waals surface area contributed by atoms with E-state index >= 15 is 0 Å². The first-order chi connectivity index (χ1) is 8.04. The molecule has 1 amide bonds. The van der Waals surface area contributed by atoms with Gasteiger partial charge in [-0.15, -0.1) is 0 Å². The number of aliphatic hydroxyl groups is 1. The van der Waals surface area contributed by atoms with Crippen molar-refractivity contribution in [3.8, 4) is 0 Å². The van der Waals surface area contributed by atoms with Crippen molar-refractivity contribution in [3.63, 3.8) is 0 Å². The molecule has 0 aliphatic carbocycles. The maximum atomic E-state index is 10.9. The summed E-state index contributed by atoms with van der Waals surface area (Å²) in [5.74, 6) is -0.161. The van der Waals surface area contributed by atoms with Crippen LogP contribution in [0.1, 0.15) is 44.8 Å². The van der Waals surface area contributed by atoms with Gasteiger partial charge in [0, 0.05) is 6.92 Å². The zero-order valence-corrected chi connectivity index (χ0v) is 10.9. The third-order valence-corrected chi connectivity index (χ3v) is 2.83. The number of rotatable bonds is 5.